The Morgan fingerprint density at radius 3 is 2.68 bits per heavy atom. The van der Waals surface area contributed by atoms with Crippen LogP contribution in [0.25, 0.3) is 10.9 Å². The minimum absolute atomic E-state index is 0.0279. The summed E-state index contributed by atoms with van der Waals surface area (Å²) < 4.78 is 0. The minimum atomic E-state index is 0.0279. The minimum Gasteiger partial charge on any atom is -0.369 e. The third-order valence-corrected chi connectivity index (χ3v) is 6.92. The highest BCUT2D eigenvalue weighted by molar-refractivity contribution is 6.06. The maximum Gasteiger partial charge on any atom is 0.253 e. The van der Waals surface area contributed by atoms with Crippen LogP contribution in [0.15, 0.2) is 48.5 Å². The molecule has 162 valence electrons. The molecule has 31 heavy (non-hydrogen) atoms. The number of aryl methyl sites for hydroxylation is 1. The van der Waals surface area contributed by atoms with Crippen LogP contribution in [0.5, 0.6) is 0 Å². The first-order chi connectivity index (χ1) is 15.2. The van der Waals surface area contributed by atoms with Crippen molar-refractivity contribution in [3.63, 3.8) is 0 Å². The second kappa shape index (κ2) is 8.75. The topological polar surface area (TPSA) is 51.4 Å². The van der Waals surface area contributed by atoms with Crippen molar-refractivity contribution >= 4 is 22.5 Å². The first-order valence-corrected chi connectivity index (χ1v) is 11.6. The van der Waals surface area contributed by atoms with Gasteiger partial charge in [0.1, 0.15) is 0 Å². The summed E-state index contributed by atoms with van der Waals surface area (Å²) >= 11 is 0. The van der Waals surface area contributed by atoms with Crippen LogP contribution in [0.1, 0.15) is 35.0 Å². The standard InChI is InChI=1S/C26H32N4O/c1-19-10-11-24-23(18-19)21-8-5-9-22(25(21)28-24)26(31)27-12-13-29-14-16-30(17-15-29)20-6-3-2-4-7-20/h2-9,19,28H,10-18H2,1H3,(H,27,31). The van der Waals surface area contributed by atoms with Crippen molar-refractivity contribution in [3.05, 3.63) is 65.4 Å². The Bertz CT molecular complexity index is 1050. The van der Waals surface area contributed by atoms with Crippen LogP contribution >= 0.6 is 0 Å². The molecule has 1 unspecified atom stereocenters. The molecular weight excluding hydrogens is 384 g/mol. The number of carbonyl (C=O) groups is 1. The Morgan fingerprint density at radius 1 is 1.06 bits per heavy atom. The third-order valence-electron chi connectivity index (χ3n) is 6.92. The summed E-state index contributed by atoms with van der Waals surface area (Å²) in [4.78, 5) is 21.4. The Morgan fingerprint density at radius 2 is 1.87 bits per heavy atom. The third kappa shape index (κ3) is 4.19. The molecule has 2 aromatic carbocycles. The van der Waals surface area contributed by atoms with E-state index in [-0.39, 0.29) is 5.91 Å². The summed E-state index contributed by atoms with van der Waals surface area (Å²) in [5.41, 5.74) is 5.82. The summed E-state index contributed by atoms with van der Waals surface area (Å²) in [6.07, 6.45) is 3.41. The lowest BCUT2D eigenvalue weighted by molar-refractivity contribution is 0.0949. The molecule has 5 heteroatoms. The van der Waals surface area contributed by atoms with Crippen molar-refractivity contribution in [1.29, 1.82) is 0 Å². The second-order valence-corrected chi connectivity index (χ2v) is 9.08. The molecule has 1 amide bonds. The van der Waals surface area contributed by atoms with Crippen LogP contribution in [0.4, 0.5) is 5.69 Å². The quantitative estimate of drug-likeness (QED) is 0.664. The lowest BCUT2D eigenvalue weighted by Gasteiger charge is -2.36. The molecule has 2 heterocycles. The molecule has 0 spiro atoms. The van der Waals surface area contributed by atoms with E-state index in [2.05, 4.69) is 63.4 Å². The SMILES string of the molecule is CC1CCc2[nH]c3c(C(=O)NCCN4CCN(c5ccccc5)CC4)cccc3c2C1. The summed E-state index contributed by atoms with van der Waals surface area (Å²) in [5, 5.41) is 4.38. The van der Waals surface area contributed by atoms with Crippen molar-refractivity contribution in [1.82, 2.24) is 15.2 Å². The van der Waals surface area contributed by atoms with Gasteiger partial charge in [-0.25, -0.2) is 0 Å². The zero-order valence-corrected chi connectivity index (χ0v) is 18.4. The van der Waals surface area contributed by atoms with Crippen LogP contribution < -0.4 is 10.2 Å². The Labute approximate surface area is 184 Å². The van der Waals surface area contributed by atoms with Crippen LogP contribution in [0, 0.1) is 5.92 Å². The maximum absolute atomic E-state index is 13.0. The fourth-order valence-electron chi connectivity index (χ4n) is 5.10. The molecule has 1 aromatic heterocycles. The second-order valence-electron chi connectivity index (χ2n) is 9.08. The van der Waals surface area contributed by atoms with E-state index in [1.54, 1.807) is 0 Å². The summed E-state index contributed by atoms with van der Waals surface area (Å²) in [5.74, 6) is 0.742. The van der Waals surface area contributed by atoms with Gasteiger partial charge in [-0.05, 0) is 48.9 Å². The number of amides is 1. The fourth-order valence-corrected chi connectivity index (χ4v) is 5.10. The molecule has 2 aliphatic rings. The van der Waals surface area contributed by atoms with E-state index >= 15 is 0 Å². The molecule has 1 aliphatic heterocycles. The van der Waals surface area contributed by atoms with Crippen LogP contribution in [-0.4, -0.2) is 55.1 Å². The number of para-hydroxylation sites is 2. The van der Waals surface area contributed by atoms with Gasteiger partial charge in [0.25, 0.3) is 5.91 Å². The zero-order valence-electron chi connectivity index (χ0n) is 18.4. The molecule has 2 N–H and O–H groups in total. The van der Waals surface area contributed by atoms with Gasteiger partial charge in [-0.15, -0.1) is 0 Å². The predicted molar refractivity (Wildman–Crippen MR) is 127 cm³/mol. The molecule has 5 nitrogen and oxygen atoms in total. The van der Waals surface area contributed by atoms with Crippen LogP contribution in [-0.2, 0) is 12.8 Å². The van der Waals surface area contributed by atoms with Crippen molar-refractivity contribution in [3.8, 4) is 0 Å². The van der Waals surface area contributed by atoms with Gasteiger partial charge in [0.05, 0.1) is 11.1 Å². The molecular formula is C26H32N4O. The molecule has 0 bridgehead atoms. The number of nitrogens with zero attached hydrogens (tertiary/aromatic N) is 2. The van der Waals surface area contributed by atoms with E-state index in [0.717, 1.165) is 56.6 Å². The van der Waals surface area contributed by atoms with Gasteiger partial charge in [-0.2, -0.15) is 0 Å². The molecule has 3 aromatic rings. The highest BCUT2D eigenvalue weighted by atomic mass is 16.1. The number of H-pyrrole nitrogens is 1. The Hall–Kier alpha value is -2.79. The fraction of sp³-hybridized carbons (Fsp3) is 0.423. The lowest BCUT2D eigenvalue weighted by atomic mass is 9.87. The van der Waals surface area contributed by atoms with Crippen LogP contribution in [0.3, 0.4) is 0 Å². The summed E-state index contributed by atoms with van der Waals surface area (Å²) in [6, 6.07) is 16.7. The van der Waals surface area contributed by atoms with Gasteiger partial charge in [0, 0.05) is 56.0 Å². The number of nitrogens with one attached hydrogen (secondary N) is 2. The molecule has 1 atom stereocenters. The van der Waals surface area contributed by atoms with Crippen molar-refractivity contribution in [2.24, 2.45) is 5.92 Å². The number of aromatic nitrogens is 1. The number of carbonyl (C=O) groups excluding carboxylic acids is 1. The van der Waals surface area contributed by atoms with Crippen LogP contribution in [0.2, 0.25) is 0 Å². The summed E-state index contributed by atoms with van der Waals surface area (Å²) in [6.45, 7) is 8.01. The number of rotatable bonds is 5. The zero-order chi connectivity index (χ0) is 21.2. The normalized spacial score (nSPS) is 19.4. The maximum atomic E-state index is 13.0. The average Bonchev–Trinajstić information content (AvgIpc) is 3.18. The van der Waals surface area contributed by atoms with Crippen molar-refractivity contribution in [2.45, 2.75) is 26.2 Å². The van der Waals surface area contributed by atoms with Gasteiger partial charge >= 0.3 is 0 Å². The molecule has 0 radical (unpaired) electrons. The predicted octanol–water partition coefficient (Wildman–Crippen LogP) is 3.84. The summed E-state index contributed by atoms with van der Waals surface area (Å²) in [7, 11) is 0. The number of aromatic amines is 1. The molecule has 5 rings (SSSR count). The first-order valence-electron chi connectivity index (χ1n) is 11.6. The highest BCUT2D eigenvalue weighted by Crippen LogP contribution is 2.32. The van der Waals surface area contributed by atoms with E-state index in [4.69, 9.17) is 0 Å². The van der Waals surface area contributed by atoms with E-state index < -0.39 is 0 Å². The largest absolute Gasteiger partial charge is 0.369 e. The van der Waals surface area contributed by atoms with Gasteiger partial charge in [-0.3, -0.25) is 9.69 Å². The van der Waals surface area contributed by atoms with Crippen molar-refractivity contribution < 1.29 is 4.79 Å². The molecule has 1 fully saturated rings. The van der Waals surface area contributed by atoms with E-state index in [1.807, 2.05) is 12.1 Å². The van der Waals surface area contributed by atoms with E-state index in [0.29, 0.717) is 12.5 Å². The van der Waals surface area contributed by atoms with Crippen molar-refractivity contribution in [2.75, 3.05) is 44.2 Å². The Kier molecular flexibility index (Phi) is 5.68. The Balaban J connectivity index is 1.17. The molecule has 0 saturated carbocycles. The molecule has 1 saturated heterocycles. The number of hydrogen-bond donors (Lipinski definition) is 2. The highest BCUT2D eigenvalue weighted by Gasteiger charge is 2.22. The van der Waals surface area contributed by atoms with Gasteiger partial charge in [-0.1, -0.05) is 37.3 Å². The van der Waals surface area contributed by atoms with E-state index in [9.17, 15) is 4.79 Å². The van der Waals surface area contributed by atoms with Gasteiger partial charge < -0.3 is 15.2 Å². The van der Waals surface area contributed by atoms with E-state index in [1.165, 1.54) is 28.8 Å². The lowest BCUT2D eigenvalue weighted by Crippen LogP contribution is -2.48. The first kappa shape index (κ1) is 20.1. The average molecular weight is 417 g/mol. The number of hydrogen-bond acceptors (Lipinski definition) is 3. The monoisotopic (exact) mass is 416 g/mol. The number of piperazine rings is 1. The van der Waals surface area contributed by atoms with Gasteiger partial charge in [0.15, 0.2) is 0 Å². The molecule has 1 aliphatic carbocycles. The number of anilines is 1. The van der Waals surface area contributed by atoms with Gasteiger partial charge in [0.2, 0.25) is 0 Å². The number of benzene rings is 2. The number of fused-ring (bicyclic) bond motifs is 3. The smallest absolute Gasteiger partial charge is 0.253 e.